The Labute approximate surface area is 207 Å². The van der Waals surface area contributed by atoms with Gasteiger partial charge in [-0.25, -0.2) is 0 Å². The van der Waals surface area contributed by atoms with Gasteiger partial charge >= 0.3 is 0 Å². The van der Waals surface area contributed by atoms with Gasteiger partial charge in [-0.1, -0.05) is 17.7 Å². The van der Waals surface area contributed by atoms with E-state index in [1.54, 1.807) is 24.5 Å². The van der Waals surface area contributed by atoms with Crippen molar-refractivity contribution in [2.75, 3.05) is 13.1 Å². The van der Waals surface area contributed by atoms with Gasteiger partial charge in [0.1, 0.15) is 0 Å². The molecule has 0 spiro atoms. The predicted molar refractivity (Wildman–Crippen MR) is 129 cm³/mol. The standard InChI is InChI=1S/C26H26BrClN3O2/c27-21-14-20-2-1-19-15-22(28)3-4-23(19)25(26(20)29-16-21)18-7-9-30(10-8-18)24(32)13-17-5-11-31(33)12-6-17/h3-6,11-12,14-16,18,25,33H,1-2,7-10,13H2/q+1. The first-order valence-corrected chi connectivity index (χ1v) is 12.5. The number of amides is 1. The van der Waals surface area contributed by atoms with Crippen molar-refractivity contribution >= 4 is 33.4 Å². The van der Waals surface area contributed by atoms with Crippen LogP contribution < -0.4 is 4.73 Å². The predicted octanol–water partition coefficient (Wildman–Crippen LogP) is 4.73. The Hall–Kier alpha value is -2.44. The van der Waals surface area contributed by atoms with Gasteiger partial charge in [0.2, 0.25) is 18.3 Å². The van der Waals surface area contributed by atoms with E-state index in [1.807, 2.05) is 17.2 Å². The summed E-state index contributed by atoms with van der Waals surface area (Å²) in [7, 11) is 0. The van der Waals surface area contributed by atoms with Gasteiger partial charge in [0.15, 0.2) is 0 Å². The maximum Gasteiger partial charge on any atom is 0.226 e. The van der Waals surface area contributed by atoms with E-state index in [0.29, 0.717) is 12.3 Å². The first kappa shape index (κ1) is 22.4. The van der Waals surface area contributed by atoms with E-state index < -0.39 is 0 Å². The van der Waals surface area contributed by atoms with Crippen LogP contribution in [0.5, 0.6) is 0 Å². The lowest BCUT2D eigenvalue weighted by Crippen LogP contribution is -2.41. The third kappa shape index (κ3) is 4.78. The number of hydrogen-bond acceptors (Lipinski definition) is 3. The Kier molecular flexibility index (Phi) is 6.39. The zero-order valence-corrected chi connectivity index (χ0v) is 20.6. The molecule has 7 heteroatoms. The largest absolute Gasteiger partial charge is 0.342 e. The van der Waals surface area contributed by atoms with Crippen LogP contribution in [0.1, 0.15) is 46.7 Å². The quantitative estimate of drug-likeness (QED) is 0.396. The van der Waals surface area contributed by atoms with Crippen molar-refractivity contribution < 1.29 is 14.7 Å². The van der Waals surface area contributed by atoms with Gasteiger partial charge in [0.25, 0.3) is 0 Å². The number of benzene rings is 1. The third-order valence-corrected chi connectivity index (χ3v) is 7.64. The zero-order chi connectivity index (χ0) is 22.9. The molecule has 0 saturated carbocycles. The number of aromatic nitrogens is 2. The zero-order valence-electron chi connectivity index (χ0n) is 18.3. The van der Waals surface area contributed by atoms with Crippen LogP contribution in [-0.4, -0.2) is 34.1 Å². The van der Waals surface area contributed by atoms with E-state index in [4.69, 9.17) is 16.6 Å². The summed E-state index contributed by atoms with van der Waals surface area (Å²) in [4.78, 5) is 19.8. The summed E-state index contributed by atoms with van der Waals surface area (Å²) in [6.07, 6.45) is 9.16. The van der Waals surface area contributed by atoms with E-state index in [1.165, 1.54) is 22.4 Å². The number of carbonyl (C=O) groups excluding carboxylic acids is 1. The second-order valence-electron chi connectivity index (χ2n) is 9.00. The van der Waals surface area contributed by atoms with Crippen LogP contribution in [0.2, 0.25) is 5.02 Å². The molecule has 1 aliphatic heterocycles. The Bertz CT molecular complexity index is 1120. The SMILES string of the molecule is O=C(Cc1cc[n+](O)cc1)N1CCC(C2c3ccc(Cl)cc3CCc3cc(Br)cnc32)CC1. The first-order chi connectivity index (χ1) is 16.0. The summed E-state index contributed by atoms with van der Waals surface area (Å²) in [5, 5.41) is 10.2. The lowest BCUT2D eigenvalue weighted by atomic mass is 9.76. The number of pyridine rings is 2. The monoisotopic (exact) mass is 526 g/mol. The van der Waals surface area contributed by atoms with Crippen molar-refractivity contribution in [2.24, 2.45) is 5.92 Å². The Morgan fingerprint density at radius 1 is 1.12 bits per heavy atom. The summed E-state index contributed by atoms with van der Waals surface area (Å²) in [6, 6.07) is 12.0. The molecule has 2 aliphatic rings. The molecular weight excluding hydrogens is 502 g/mol. The van der Waals surface area contributed by atoms with Crippen molar-refractivity contribution in [3.63, 3.8) is 0 Å². The molecule has 1 aliphatic carbocycles. The van der Waals surface area contributed by atoms with E-state index in [2.05, 4.69) is 34.1 Å². The molecule has 1 fully saturated rings. The van der Waals surface area contributed by atoms with E-state index in [-0.39, 0.29) is 11.8 Å². The van der Waals surface area contributed by atoms with Gasteiger partial charge in [0.05, 0.1) is 12.1 Å². The molecular formula is C26H26BrClN3O2+. The van der Waals surface area contributed by atoms with E-state index in [9.17, 15) is 10.0 Å². The van der Waals surface area contributed by atoms with Gasteiger partial charge < -0.3 is 4.90 Å². The van der Waals surface area contributed by atoms with E-state index >= 15 is 0 Å². The Balaban J connectivity index is 1.36. The Morgan fingerprint density at radius 2 is 1.85 bits per heavy atom. The molecule has 3 heterocycles. The number of piperidine rings is 1. The molecule has 170 valence electrons. The smallest absolute Gasteiger partial charge is 0.226 e. The first-order valence-electron chi connectivity index (χ1n) is 11.4. The topological polar surface area (TPSA) is 57.3 Å². The van der Waals surface area contributed by atoms with Crippen LogP contribution in [0.4, 0.5) is 0 Å². The summed E-state index contributed by atoms with van der Waals surface area (Å²) in [5.41, 5.74) is 6.02. The summed E-state index contributed by atoms with van der Waals surface area (Å²) >= 11 is 9.94. The lowest BCUT2D eigenvalue weighted by molar-refractivity contribution is -0.904. The maximum absolute atomic E-state index is 12.9. The van der Waals surface area contributed by atoms with Crippen LogP contribution in [0.15, 0.2) is 59.5 Å². The summed E-state index contributed by atoms with van der Waals surface area (Å²) in [6.45, 7) is 1.50. The van der Waals surface area contributed by atoms with Crippen molar-refractivity contribution in [3.05, 3.63) is 92.4 Å². The molecule has 1 unspecified atom stereocenters. The number of hydrogen-bond donors (Lipinski definition) is 1. The molecule has 0 radical (unpaired) electrons. The fourth-order valence-electron chi connectivity index (χ4n) is 5.30. The van der Waals surface area contributed by atoms with E-state index in [0.717, 1.165) is 58.6 Å². The van der Waals surface area contributed by atoms with Crippen LogP contribution in [0, 0.1) is 5.92 Å². The van der Waals surface area contributed by atoms with Gasteiger partial charge in [-0.2, -0.15) is 0 Å². The molecule has 0 bridgehead atoms. The highest BCUT2D eigenvalue weighted by Gasteiger charge is 2.35. The normalized spacial score (nSPS) is 18.4. The van der Waals surface area contributed by atoms with Crippen molar-refractivity contribution in [1.82, 2.24) is 9.88 Å². The van der Waals surface area contributed by atoms with Crippen molar-refractivity contribution in [1.29, 1.82) is 0 Å². The molecule has 2 aromatic heterocycles. The van der Waals surface area contributed by atoms with Crippen molar-refractivity contribution in [3.8, 4) is 0 Å². The molecule has 5 nitrogen and oxygen atoms in total. The lowest BCUT2D eigenvalue weighted by Gasteiger charge is -2.37. The maximum atomic E-state index is 12.9. The molecule has 5 rings (SSSR count). The van der Waals surface area contributed by atoms with Gasteiger partial charge in [-0.15, -0.1) is 0 Å². The minimum atomic E-state index is 0.139. The molecule has 1 aromatic carbocycles. The molecule has 1 N–H and O–H groups in total. The highest BCUT2D eigenvalue weighted by atomic mass is 79.9. The third-order valence-electron chi connectivity index (χ3n) is 6.97. The minimum absolute atomic E-state index is 0.139. The van der Waals surface area contributed by atoms with Gasteiger partial charge in [-0.05, 0) is 88.0 Å². The van der Waals surface area contributed by atoms with Gasteiger partial charge in [-0.3, -0.25) is 15.0 Å². The number of nitrogens with zero attached hydrogens (tertiary/aromatic N) is 3. The van der Waals surface area contributed by atoms with Crippen molar-refractivity contribution in [2.45, 2.75) is 38.0 Å². The second-order valence-corrected chi connectivity index (χ2v) is 10.4. The van der Waals surface area contributed by atoms with Gasteiger partial charge in [0, 0.05) is 51.6 Å². The number of aryl methyl sites for hydroxylation is 2. The molecule has 1 saturated heterocycles. The second kappa shape index (κ2) is 9.43. The van der Waals surface area contributed by atoms with Crippen LogP contribution in [0.3, 0.4) is 0 Å². The highest BCUT2D eigenvalue weighted by Crippen LogP contribution is 2.43. The summed E-state index contributed by atoms with van der Waals surface area (Å²) < 4.78 is 2.00. The minimum Gasteiger partial charge on any atom is -0.342 e. The fraction of sp³-hybridized carbons (Fsp3) is 0.346. The van der Waals surface area contributed by atoms with Crippen LogP contribution >= 0.6 is 27.5 Å². The number of fused-ring (bicyclic) bond motifs is 2. The summed E-state index contributed by atoms with van der Waals surface area (Å²) in [5.74, 6) is 0.776. The number of halogens is 2. The van der Waals surface area contributed by atoms with Crippen LogP contribution in [-0.2, 0) is 24.1 Å². The Morgan fingerprint density at radius 3 is 2.61 bits per heavy atom. The average Bonchev–Trinajstić information content (AvgIpc) is 2.97. The average molecular weight is 528 g/mol. The molecule has 1 atom stereocenters. The number of likely N-dealkylation sites (tertiary alicyclic amines) is 1. The number of rotatable bonds is 3. The van der Waals surface area contributed by atoms with Crippen LogP contribution in [0.25, 0.3) is 0 Å². The molecule has 33 heavy (non-hydrogen) atoms. The highest BCUT2D eigenvalue weighted by molar-refractivity contribution is 9.10. The number of carbonyl (C=O) groups is 1. The molecule has 3 aromatic rings. The fourth-order valence-corrected chi connectivity index (χ4v) is 5.87. The molecule has 1 amide bonds.